The first kappa shape index (κ1) is 25.5. The summed E-state index contributed by atoms with van der Waals surface area (Å²) < 4.78 is 29.5. The van der Waals surface area contributed by atoms with Gasteiger partial charge in [0.1, 0.15) is 11.6 Å². The van der Waals surface area contributed by atoms with E-state index in [9.17, 15) is 8.78 Å². The molecule has 0 N–H and O–H groups in total. The maximum atomic E-state index is 14.7. The highest BCUT2D eigenvalue weighted by molar-refractivity contribution is 5.65. The Hall–Kier alpha value is -1.74. The van der Waals surface area contributed by atoms with Gasteiger partial charge in [-0.1, -0.05) is 72.7 Å². The molecule has 1 nitrogen and oxygen atoms in total. The average Bonchev–Trinajstić information content (AvgIpc) is 2.70. The van der Waals surface area contributed by atoms with Crippen molar-refractivity contribution in [1.82, 2.24) is 4.90 Å². The van der Waals surface area contributed by atoms with Crippen LogP contribution < -0.4 is 0 Å². The first-order valence-electron chi connectivity index (χ1n) is 11.9. The molecule has 172 valence electrons. The van der Waals surface area contributed by atoms with Gasteiger partial charge in [-0.15, -0.1) is 0 Å². The zero-order valence-corrected chi connectivity index (χ0v) is 20.5. The maximum Gasteiger partial charge on any atom is 0.131 e. The van der Waals surface area contributed by atoms with Crippen molar-refractivity contribution in [3.8, 4) is 11.1 Å². The standard InChI is InChI=1S/C24H31F2N.C4H10/c1-16(2)18-8-10-27(11-9-18)15-22-23(25)13-21(14-24(22)26)20-7-5-6-19(12-20)17(3)4;1-4(2)3/h5-7,12-14,16-18H,8-11,15H2,1-4H3;4H,1-3H3. The Balaban J connectivity index is 0.000000785. The van der Waals surface area contributed by atoms with Crippen molar-refractivity contribution in [2.24, 2.45) is 17.8 Å². The summed E-state index contributed by atoms with van der Waals surface area (Å²) in [6.07, 6.45) is 2.22. The van der Waals surface area contributed by atoms with Gasteiger partial charge < -0.3 is 0 Å². The SMILES string of the molecule is CC(C)C.CC(C)c1cccc(-c2cc(F)c(CN3CCC(C(C)C)CC3)c(F)c2)c1. The lowest BCUT2D eigenvalue weighted by Crippen LogP contribution is -2.35. The van der Waals surface area contributed by atoms with Gasteiger partial charge in [-0.3, -0.25) is 4.90 Å². The van der Waals surface area contributed by atoms with Crippen molar-refractivity contribution in [1.29, 1.82) is 0 Å². The molecule has 0 aromatic heterocycles. The molecule has 0 amide bonds. The second kappa shape index (κ2) is 11.8. The minimum absolute atomic E-state index is 0.196. The highest BCUT2D eigenvalue weighted by Crippen LogP contribution is 2.29. The molecule has 0 saturated carbocycles. The van der Waals surface area contributed by atoms with Gasteiger partial charge in [-0.05, 0) is 78.4 Å². The minimum atomic E-state index is -0.439. The van der Waals surface area contributed by atoms with Gasteiger partial charge in [0.2, 0.25) is 0 Å². The summed E-state index contributed by atoms with van der Waals surface area (Å²) in [6, 6.07) is 10.9. The normalized spacial score (nSPS) is 15.5. The molecule has 0 atom stereocenters. The van der Waals surface area contributed by atoms with Gasteiger partial charge in [0.25, 0.3) is 0 Å². The van der Waals surface area contributed by atoms with E-state index >= 15 is 0 Å². The van der Waals surface area contributed by atoms with E-state index in [0.29, 0.717) is 23.9 Å². The highest BCUT2D eigenvalue weighted by atomic mass is 19.1. The lowest BCUT2D eigenvalue weighted by molar-refractivity contribution is 0.149. The van der Waals surface area contributed by atoms with E-state index in [4.69, 9.17) is 0 Å². The van der Waals surface area contributed by atoms with E-state index in [1.807, 2.05) is 18.2 Å². The molecule has 1 fully saturated rings. The Morgan fingerprint density at radius 3 is 1.87 bits per heavy atom. The first-order chi connectivity index (χ1) is 14.6. The Morgan fingerprint density at radius 2 is 1.39 bits per heavy atom. The molecule has 1 heterocycles. The lowest BCUT2D eigenvalue weighted by atomic mass is 9.86. The number of hydrogen-bond donors (Lipinski definition) is 0. The molecule has 1 saturated heterocycles. The molecule has 1 aliphatic heterocycles. The van der Waals surface area contributed by atoms with Crippen molar-refractivity contribution in [2.75, 3.05) is 13.1 Å². The average molecular weight is 430 g/mol. The van der Waals surface area contributed by atoms with Crippen molar-refractivity contribution in [3.05, 3.63) is 59.2 Å². The number of nitrogens with zero attached hydrogens (tertiary/aromatic N) is 1. The summed E-state index contributed by atoms with van der Waals surface area (Å²) in [5.41, 5.74) is 2.84. The van der Waals surface area contributed by atoms with Crippen molar-refractivity contribution in [3.63, 3.8) is 0 Å². The fourth-order valence-corrected chi connectivity index (χ4v) is 4.00. The number of hydrogen-bond acceptors (Lipinski definition) is 1. The van der Waals surface area contributed by atoms with Gasteiger partial charge in [0.05, 0.1) is 0 Å². The number of piperidine rings is 1. The van der Waals surface area contributed by atoms with Crippen molar-refractivity contribution in [2.45, 2.75) is 73.8 Å². The van der Waals surface area contributed by atoms with Gasteiger partial charge in [0.15, 0.2) is 0 Å². The summed E-state index contributed by atoms with van der Waals surface area (Å²) >= 11 is 0. The first-order valence-corrected chi connectivity index (χ1v) is 11.9. The van der Waals surface area contributed by atoms with Crippen LogP contribution in [0.25, 0.3) is 11.1 Å². The summed E-state index contributed by atoms with van der Waals surface area (Å²) in [4.78, 5) is 2.18. The Kier molecular flexibility index (Phi) is 9.68. The molecule has 2 aromatic carbocycles. The maximum absolute atomic E-state index is 14.7. The van der Waals surface area contributed by atoms with E-state index < -0.39 is 11.6 Å². The van der Waals surface area contributed by atoms with Crippen LogP contribution in [0.2, 0.25) is 0 Å². The minimum Gasteiger partial charge on any atom is -0.299 e. The van der Waals surface area contributed by atoms with Crippen LogP contribution in [0, 0.1) is 29.4 Å². The quantitative estimate of drug-likeness (QED) is 0.462. The predicted octanol–water partition coefficient (Wildman–Crippen LogP) is 8.29. The molecular weight excluding hydrogens is 388 g/mol. The fourth-order valence-electron chi connectivity index (χ4n) is 4.00. The van der Waals surface area contributed by atoms with Gasteiger partial charge in [0, 0.05) is 12.1 Å². The number of likely N-dealkylation sites (tertiary alicyclic amines) is 1. The van der Waals surface area contributed by atoms with Crippen molar-refractivity contribution < 1.29 is 8.78 Å². The van der Waals surface area contributed by atoms with Crippen LogP contribution in [0.4, 0.5) is 8.78 Å². The molecule has 0 spiro atoms. The second-order valence-electron chi connectivity index (χ2n) is 10.3. The lowest BCUT2D eigenvalue weighted by Gasteiger charge is -2.34. The van der Waals surface area contributed by atoms with Crippen LogP contribution in [0.5, 0.6) is 0 Å². The summed E-state index contributed by atoms with van der Waals surface area (Å²) in [5.74, 6) is 1.75. The second-order valence-corrected chi connectivity index (χ2v) is 10.3. The van der Waals surface area contributed by atoms with E-state index in [1.54, 1.807) is 0 Å². The monoisotopic (exact) mass is 429 g/mol. The van der Waals surface area contributed by atoms with Crippen LogP contribution in [0.15, 0.2) is 36.4 Å². The van der Waals surface area contributed by atoms with Crippen LogP contribution in [0.1, 0.15) is 78.4 Å². The van der Waals surface area contributed by atoms with E-state index in [1.165, 1.54) is 17.7 Å². The summed E-state index contributed by atoms with van der Waals surface area (Å²) in [5, 5.41) is 0. The van der Waals surface area contributed by atoms with Crippen molar-refractivity contribution >= 4 is 0 Å². The Labute approximate surface area is 188 Å². The predicted molar refractivity (Wildman–Crippen MR) is 129 cm³/mol. The Morgan fingerprint density at radius 1 is 0.839 bits per heavy atom. The number of halogens is 2. The summed E-state index contributed by atoms with van der Waals surface area (Å²) in [7, 11) is 0. The van der Waals surface area contributed by atoms with E-state index in [0.717, 1.165) is 43.3 Å². The zero-order valence-electron chi connectivity index (χ0n) is 20.5. The molecule has 0 bridgehead atoms. The van der Waals surface area contributed by atoms with Crippen LogP contribution in [0.3, 0.4) is 0 Å². The summed E-state index contributed by atoms with van der Waals surface area (Å²) in [6.45, 7) is 17.4. The molecule has 0 unspecified atom stereocenters. The van der Waals surface area contributed by atoms with Gasteiger partial charge >= 0.3 is 0 Å². The number of rotatable bonds is 5. The molecule has 3 rings (SSSR count). The third kappa shape index (κ3) is 7.71. The smallest absolute Gasteiger partial charge is 0.131 e. The van der Waals surface area contributed by atoms with E-state index in [-0.39, 0.29) is 5.56 Å². The molecule has 31 heavy (non-hydrogen) atoms. The topological polar surface area (TPSA) is 3.24 Å². The molecular formula is C28H41F2N. The van der Waals surface area contributed by atoms with Gasteiger partial charge in [-0.25, -0.2) is 8.78 Å². The molecule has 0 aliphatic carbocycles. The molecule has 1 aliphatic rings. The van der Waals surface area contributed by atoms with Crippen LogP contribution in [-0.2, 0) is 6.54 Å². The van der Waals surface area contributed by atoms with Crippen LogP contribution >= 0.6 is 0 Å². The molecule has 3 heteroatoms. The number of benzene rings is 2. The van der Waals surface area contributed by atoms with Gasteiger partial charge in [-0.2, -0.15) is 0 Å². The molecule has 0 radical (unpaired) electrons. The zero-order chi connectivity index (χ0) is 23.1. The van der Waals surface area contributed by atoms with E-state index in [2.05, 4.69) is 59.4 Å². The Bertz CT molecular complexity index is 792. The third-order valence-electron chi connectivity index (χ3n) is 5.98. The highest BCUT2D eigenvalue weighted by Gasteiger charge is 2.23. The fraction of sp³-hybridized carbons (Fsp3) is 0.571. The molecule has 2 aromatic rings. The third-order valence-corrected chi connectivity index (χ3v) is 5.98. The van der Waals surface area contributed by atoms with Crippen LogP contribution in [-0.4, -0.2) is 18.0 Å². The largest absolute Gasteiger partial charge is 0.299 e.